The van der Waals surface area contributed by atoms with E-state index in [1.807, 2.05) is 24.5 Å². The summed E-state index contributed by atoms with van der Waals surface area (Å²) in [6.45, 7) is 6.67. The number of rotatable bonds is 23. The molecule has 2 aromatic carbocycles. The van der Waals surface area contributed by atoms with Crippen LogP contribution in [0.4, 0.5) is 11.4 Å². The maximum atomic E-state index is 12.3. The zero-order valence-corrected chi connectivity index (χ0v) is 37.4. The van der Waals surface area contributed by atoms with Gasteiger partial charge < -0.3 is 14.8 Å². The summed E-state index contributed by atoms with van der Waals surface area (Å²) in [5, 5.41) is 6.23. The Hall–Kier alpha value is -4.19. The first-order chi connectivity index (χ1) is 28.3. The summed E-state index contributed by atoms with van der Waals surface area (Å²) in [6, 6.07) is 8.16. The summed E-state index contributed by atoms with van der Waals surface area (Å²) in [7, 11) is -18.1. The van der Waals surface area contributed by atoms with Crippen LogP contribution in [-0.4, -0.2) is 106 Å². The highest BCUT2D eigenvalue weighted by atomic mass is 32.2. The van der Waals surface area contributed by atoms with Crippen LogP contribution in [0.25, 0.3) is 10.4 Å². The Morgan fingerprint density at radius 3 is 2.16 bits per heavy atom. The van der Waals surface area contributed by atoms with Crippen LogP contribution in [0.2, 0.25) is 0 Å². The van der Waals surface area contributed by atoms with Crippen molar-refractivity contribution in [3.05, 3.63) is 81.9 Å². The van der Waals surface area contributed by atoms with Gasteiger partial charge in [-0.2, -0.15) is 29.8 Å². The minimum Gasteiger partial charge on any atom is -0.744 e. The number of carbonyl (C=O) groups excluding carboxylic acids is 1. The van der Waals surface area contributed by atoms with E-state index >= 15 is 0 Å². The largest absolute Gasteiger partial charge is 0.744 e. The average Bonchev–Trinajstić information content (AvgIpc) is 3.50. The number of nitrogens with one attached hydrogen (secondary N) is 1. The van der Waals surface area contributed by atoms with Gasteiger partial charge in [0.05, 0.1) is 26.7 Å². The number of amides is 1. The van der Waals surface area contributed by atoms with Crippen LogP contribution in [0.5, 0.6) is 0 Å². The second-order valence-corrected chi connectivity index (χ2v) is 21.6. The summed E-state index contributed by atoms with van der Waals surface area (Å²) < 4.78 is 138. The van der Waals surface area contributed by atoms with E-state index in [1.165, 1.54) is 30.3 Å². The molecule has 23 heteroatoms. The maximum absolute atomic E-state index is 12.3. The van der Waals surface area contributed by atoms with E-state index in [2.05, 4.69) is 15.3 Å². The number of allylic oxidation sites excluding steroid dienone is 4. The molecule has 19 nitrogen and oxygen atoms in total. The monoisotopic (exact) mass is 928 g/mol. The lowest BCUT2D eigenvalue weighted by Crippen LogP contribution is -2.30. The lowest BCUT2D eigenvalue weighted by molar-refractivity contribution is -0.438. The van der Waals surface area contributed by atoms with Crippen molar-refractivity contribution >= 4 is 63.5 Å². The minimum absolute atomic E-state index is 0.0398. The number of nitrogens with zero attached hydrogens (tertiary/aromatic N) is 5. The first kappa shape index (κ1) is 49.5. The second kappa shape index (κ2) is 19.9. The second-order valence-electron chi connectivity index (χ2n) is 15.7. The fourth-order valence-electron chi connectivity index (χ4n) is 7.89. The highest BCUT2D eigenvalue weighted by Gasteiger charge is 2.46. The van der Waals surface area contributed by atoms with E-state index in [1.54, 1.807) is 30.0 Å². The van der Waals surface area contributed by atoms with Gasteiger partial charge in [0.15, 0.2) is 5.71 Å². The number of anilines is 1. The van der Waals surface area contributed by atoms with Crippen molar-refractivity contribution in [2.24, 2.45) is 5.11 Å². The number of hydrogen-bond acceptors (Lipinski definition) is 12. The molecule has 0 aromatic heterocycles. The molecule has 0 fully saturated rings. The predicted molar refractivity (Wildman–Crippen MR) is 227 cm³/mol. The van der Waals surface area contributed by atoms with Gasteiger partial charge in [-0.25, -0.2) is 8.42 Å². The summed E-state index contributed by atoms with van der Waals surface area (Å²) in [5.41, 5.74) is 9.92. The Morgan fingerprint density at radius 2 is 1.52 bits per heavy atom. The lowest BCUT2D eigenvalue weighted by Gasteiger charge is -2.30. The number of fused-ring (bicyclic) bond motifs is 2. The highest BCUT2D eigenvalue weighted by Crippen LogP contribution is 2.51. The molecule has 2 heterocycles. The standard InChI is InChI=1S/C38H52N6O13S4/c1-37(2)30-26-28(60(52,53)54)15-17-32(30)43(22-7-4-5-14-36(45)40-20-10-21-41-42-39)34(37)12-9-13-35-38(3,19-6-8-24-58(46,47)48)31-27-29(61(55,56)57)16-18-33(31)44(35)23-11-25-59(49,50)51/h9,12-13,15-18,26-27H,4-8,10-11,14,19-25H2,1-3H3,(H4-,40,45,46,47,48,49,50,51,52,53,54,55,56,57). The SMILES string of the molecule is CC1(C)C(/C=C/C=C2/N(CCCS(=O)(=O)O)c3ccc(S(=O)(=O)O)cc3C2(C)CCCCS(=O)(=O)O)=[N+](CCCCCC(=O)NCCCN=[N+]=[N-])c2ccc(S(=O)(=O)[O-])cc21. The molecule has 1 unspecified atom stereocenters. The molecular formula is C38H52N6O13S4. The molecule has 0 radical (unpaired) electrons. The van der Waals surface area contributed by atoms with Crippen LogP contribution < -0.4 is 10.2 Å². The van der Waals surface area contributed by atoms with Gasteiger partial charge in [0.2, 0.25) is 11.6 Å². The molecule has 61 heavy (non-hydrogen) atoms. The van der Waals surface area contributed by atoms with Crippen LogP contribution >= 0.6 is 0 Å². The van der Waals surface area contributed by atoms with Gasteiger partial charge in [-0.1, -0.05) is 17.6 Å². The fraction of sp³-hybridized carbons (Fsp3) is 0.526. The highest BCUT2D eigenvalue weighted by molar-refractivity contribution is 7.86. The van der Waals surface area contributed by atoms with E-state index in [0.717, 1.165) is 5.71 Å². The minimum atomic E-state index is -4.80. The number of unbranched alkanes of at least 4 members (excludes halogenated alkanes) is 3. The summed E-state index contributed by atoms with van der Waals surface area (Å²) in [4.78, 5) is 16.0. The molecule has 2 aromatic rings. The smallest absolute Gasteiger partial charge is 0.294 e. The molecule has 0 saturated carbocycles. The predicted octanol–water partition coefficient (Wildman–Crippen LogP) is 5.14. The van der Waals surface area contributed by atoms with E-state index < -0.39 is 72.6 Å². The summed E-state index contributed by atoms with van der Waals surface area (Å²) in [6.07, 6.45) is 8.40. The topological polar surface area (TPSA) is 304 Å². The third-order valence-corrected chi connectivity index (χ3v) is 14.2. The molecule has 1 amide bonds. The van der Waals surface area contributed by atoms with Crippen molar-refractivity contribution in [2.75, 3.05) is 42.6 Å². The third kappa shape index (κ3) is 13.2. The zero-order chi connectivity index (χ0) is 45.4. The van der Waals surface area contributed by atoms with Gasteiger partial charge in [0, 0.05) is 71.9 Å². The van der Waals surface area contributed by atoms with E-state index in [9.17, 15) is 56.7 Å². The first-order valence-corrected chi connectivity index (χ1v) is 25.6. The van der Waals surface area contributed by atoms with E-state index in [0.29, 0.717) is 67.0 Å². The van der Waals surface area contributed by atoms with Crippen molar-refractivity contribution in [3.63, 3.8) is 0 Å². The third-order valence-electron chi connectivity index (χ3n) is 10.9. The van der Waals surface area contributed by atoms with Crippen LogP contribution in [0.3, 0.4) is 0 Å². The average molecular weight is 929 g/mol. The fourth-order valence-corrected chi connectivity index (χ4v) is 9.95. The molecule has 0 spiro atoms. The maximum Gasteiger partial charge on any atom is 0.294 e. The number of benzene rings is 2. The summed E-state index contributed by atoms with van der Waals surface area (Å²) in [5.74, 6) is -1.24. The first-order valence-electron chi connectivity index (χ1n) is 19.5. The molecule has 4 N–H and O–H groups in total. The summed E-state index contributed by atoms with van der Waals surface area (Å²) >= 11 is 0. The number of carbonyl (C=O) groups is 1. The van der Waals surface area contributed by atoms with Crippen LogP contribution in [0.1, 0.15) is 89.7 Å². The molecular weight excluding hydrogens is 877 g/mol. The Kier molecular flexibility index (Phi) is 16.1. The van der Waals surface area contributed by atoms with Gasteiger partial charge in [0.25, 0.3) is 30.4 Å². The zero-order valence-electron chi connectivity index (χ0n) is 34.1. The van der Waals surface area contributed by atoms with E-state index in [-0.39, 0.29) is 51.1 Å². The van der Waals surface area contributed by atoms with Gasteiger partial charge in [-0.3, -0.25) is 18.5 Å². The Bertz CT molecular complexity index is 2590. The normalized spacial score (nSPS) is 18.4. The Balaban J connectivity index is 1.76. The molecule has 0 bridgehead atoms. The molecule has 1 atom stereocenters. The van der Waals surface area contributed by atoms with Crippen molar-refractivity contribution in [1.82, 2.24) is 5.32 Å². The molecule has 336 valence electrons. The van der Waals surface area contributed by atoms with Gasteiger partial charge >= 0.3 is 0 Å². The molecule has 2 aliphatic rings. The number of azide groups is 1. The quantitative estimate of drug-likeness (QED) is 0.0280. The van der Waals surface area contributed by atoms with Crippen LogP contribution in [0, 0.1) is 0 Å². The Morgan fingerprint density at radius 1 is 0.869 bits per heavy atom. The van der Waals surface area contributed by atoms with Gasteiger partial charge in [-0.15, -0.1) is 0 Å². The molecule has 0 aliphatic carbocycles. The lowest BCUT2D eigenvalue weighted by atomic mass is 9.77. The Labute approximate surface area is 357 Å². The van der Waals surface area contributed by atoms with Crippen molar-refractivity contribution < 1.29 is 61.3 Å². The van der Waals surface area contributed by atoms with Crippen LogP contribution in [0.15, 0.2) is 75.2 Å². The molecule has 2 aliphatic heterocycles. The van der Waals surface area contributed by atoms with E-state index in [4.69, 9.17) is 5.53 Å². The number of hydrogen-bond donors (Lipinski definition) is 4. The molecule has 0 saturated heterocycles. The van der Waals surface area contributed by atoms with Crippen molar-refractivity contribution in [2.45, 2.75) is 99.2 Å². The van der Waals surface area contributed by atoms with Crippen molar-refractivity contribution in [3.8, 4) is 0 Å². The van der Waals surface area contributed by atoms with Gasteiger partial charge in [-0.05, 0) is 107 Å². The van der Waals surface area contributed by atoms with Gasteiger partial charge in [0.1, 0.15) is 16.7 Å². The van der Waals surface area contributed by atoms with Crippen molar-refractivity contribution in [1.29, 1.82) is 0 Å². The molecule has 4 rings (SSSR count). The van der Waals surface area contributed by atoms with Crippen LogP contribution in [-0.2, 0) is 56.1 Å².